The Morgan fingerprint density at radius 3 is 2.37 bits per heavy atom. The molecule has 0 unspecified atom stereocenters. The molecule has 1 fully saturated rings. The first-order valence-electron chi connectivity index (χ1n) is 9.41. The van der Waals surface area contributed by atoms with Gasteiger partial charge in [-0.3, -0.25) is 0 Å². The zero-order valence-electron chi connectivity index (χ0n) is 16.8. The first-order chi connectivity index (χ1) is 14.4. The van der Waals surface area contributed by atoms with Gasteiger partial charge in [0.25, 0.3) is 0 Å². The topological polar surface area (TPSA) is 101 Å². The Morgan fingerprint density at radius 2 is 1.70 bits per heavy atom. The molecule has 3 atom stereocenters. The number of carbonyl (C=O) groups is 2. The van der Waals surface area contributed by atoms with Crippen molar-refractivity contribution in [1.29, 1.82) is 0 Å². The number of benzene rings is 2. The fraction of sp³-hybridized carbons (Fsp3) is 0.364. The summed E-state index contributed by atoms with van der Waals surface area (Å²) >= 11 is 0. The van der Waals surface area contributed by atoms with E-state index in [1.807, 2.05) is 30.3 Å². The van der Waals surface area contributed by atoms with Crippen LogP contribution in [0.2, 0.25) is 0 Å². The molecule has 0 aromatic heterocycles. The number of hydrogen-bond donors (Lipinski definition) is 1. The summed E-state index contributed by atoms with van der Waals surface area (Å²) in [4.78, 5) is 23.9. The van der Waals surface area contributed by atoms with Crippen LogP contribution >= 0.6 is 0 Å². The molecule has 3 rings (SSSR count). The minimum absolute atomic E-state index is 0.0548. The summed E-state index contributed by atoms with van der Waals surface area (Å²) < 4.78 is 26.1. The first-order valence-corrected chi connectivity index (χ1v) is 9.41. The Hall–Kier alpha value is -3.10. The molecule has 0 spiro atoms. The van der Waals surface area contributed by atoms with E-state index in [0.29, 0.717) is 5.75 Å². The predicted molar refractivity (Wildman–Crippen MR) is 105 cm³/mol. The maximum atomic E-state index is 12.0. The predicted octanol–water partition coefficient (Wildman–Crippen LogP) is 2.61. The van der Waals surface area contributed by atoms with E-state index in [4.69, 9.17) is 23.7 Å². The number of esters is 1. The molecule has 8 nitrogen and oxygen atoms in total. The summed E-state index contributed by atoms with van der Waals surface area (Å²) in [6.45, 7) is 1.18. The molecule has 8 heteroatoms. The van der Waals surface area contributed by atoms with Gasteiger partial charge in [0.05, 0.1) is 13.7 Å². The lowest BCUT2D eigenvalue weighted by molar-refractivity contribution is -0.156. The molecule has 1 saturated heterocycles. The maximum absolute atomic E-state index is 12.0. The second kappa shape index (κ2) is 9.60. The molecule has 1 heterocycles. The van der Waals surface area contributed by atoms with E-state index >= 15 is 0 Å². The van der Waals surface area contributed by atoms with Crippen molar-refractivity contribution in [2.75, 3.05) is 13.7 Å². The third kappa shape index (κ3) is 5.28. The molecule has 2 aromatic rings. The quantitative estimate of drug-likeness (QED) is 0.656. The molecule has 1 aliphatic heterocycles. The van der Waals surface area contributed by atoms with Crippen LogP contribution in [0, 0.1) is 0 Å². The number of ether oxygens (including phenoxy) is 5. The number of carbonyl (C=O) groups excluding carboxylic acids is 2. The summed E-state index contributed by atoms with van der Waals surface area (Å²) in [7, 11) is 1.57. The van der Waals surface area contributed by atoms with Crippen LogP contribution in [0.25, 0.3) is 0 Å². The van der Waals surface area contributed by atoms with E-state index < -0.39 is 29.9 Å². The van der Waals surface area contributed by atoms with Gasteiger partial charge in [0.15, 0.2) is 11.7 Å². The van der Waals surface area contributed by atoms with E-state index in [9.17, 15) is 14.7 Å². The Labute approximate surface area is 174 Å². The smallest absolute Gasteiger partial charge is 0.497 e. The average Bonchev–Trinajstić information content (AvgIpc) is 2.98. The third-order valence-corrected chi connectivity index (χ3v) is 4.72. The summed E-state index contributed by atoms with van der Waals surface area (Å²) in [5.74, 6) is -0.140. The average molecular weight is 416 g/mol. The van der Waals surface area contributed by atoms with Gasteiger partial charge in [-0.2, -0.15) is 0 Å². The zero-order valence-corrected chi connectivity index (χ0v) is 16.8. The number of methoxy groups -OCH3 is 1. The monoisotopic (exact) mass is 416 g/mol. The van der Waals surface area contributed by atoms with E-state index in [1.54, 1.807) is 31.4 Å². The van der Waals surface area contributed by atoms with Gasteiger partial charge in [-0.25, -0.2) is 9.59 Å². The third-order valence-electron chi connectivity index (χ3n) is 4.72. The van der Waals surface area contributed by atoms with Crippen molar-refractivity contribution in [1.82, 2.24) is 0 Å². The fourth-order valence-corrected chi connectivity index (χ4v) is 3.00. The number of aliphatic hydroxyl groups is 1. The highest BCUT2D eigenvalue weighted by Gasteiger charge is 2.55. The van der Waals surface area contributed by atoms with Crippen LogP contribution in [0.3, 0.4) is 0 Å². The van der Waals surface area contributed by atoms with Gasteiger partial charge >= 0.3 is 12.1 Å². The van der Waals surface area contributed by atoms with Crippen LogP contribution in [0.1, 0.15) is 18.1 Å². The minimum atomic E-state index is -1.87. The summed E-state index contributed by atoms with van der Waals surface area (Å²) in [5, 5.41) is 10.5. The minimum Gasteiger partial charge on any atom is -0.497 e. The van der Waals surface area contributed by atoms with E-state index in [0.717, 1.165) is 11.1 Å². The van der Waals surface area contributed by atoms with Crippen LogP contribution in [0.15, 0.2) is 54.6 Å². The van der Waals surface area contributed by atoms with Gasteiger partial charge in [0, 0.05) is 0 Å². The lowest BCUT2D eigenvalue weighted by atomic mass is 9.98. The van der Waals surface area contributed by atoms with E-state index in [2.05, 4.69) is 0 Å². The van der Waals surface area contributed by atoms with Gasteiger partial charge in [0.1, 0.15) is 25.1 Å². The van der Waals surface area contributed by atoms with Crippen molar-refractivity contribution in [3.63, 3.8) is 0 Å². The van der Waals surface area contributed by atoms with Crippen molar-refractivity contribution in [3.05, 3.63) is 65.7 Å². The summed E-state index contributed by atoms with van der Waals surface area (Å²) in [5.41, 5.74) is -0.243. The fourth-order valence-electron chi connectivity index (χ4n) is 3.00. The van der Waals surface area contributed by atoms with E-state index in [1.165, 1.54) is 6.92 Å². The second-order valence-corrected chi connectivity index (χ2v) is 7.01. The van der Waals surface area contributed by atoms with Gasteiger partial charge in [0.2, 0.25) is 0 Å². The Bertz CT molecular complexity index is 847. The molecule has 0 bridgehead atoms. The van der Waals surface area contributed by atoms with Crippen molar-refractivity contribution in [2.24, 2.45) is 0 Å². The van der Waals surface area contributed by atoms with Gasteiger partial charge in [-0.15, -0.1) is 0 Å². The molecule has 0 saturated carbocycles. The standard InChI is InChI=1S/C22H24O8/c1-22(25)19(27-12-16-8-10-17(26-2)11-9-16)18(30-20(22)23)14-29-21(24)28-13-15-6-4-3-5-7-15/h3-11,18-19,25H,12-14H2,1-2H3/t18-,19-,22+/m1/s1. The van der Waals surface area contributed by atoms with Crippen molar-refractivity contribution in [3.8, 4) is 5.75 Å². The van der Waals surface area contributed by atoms with Crippen molar-refractivity contribution in [2.45, 2.75) is 37.9 Å². The highest BCUT2D eigenvalue weighted by atomic mass is 16.7. The maximum Gasteiger partial charge on any atom is 0.508 e. The van der Waals surface area contributed by atoms with Crippen LogP contribution < -0.4 is 4.74 Å². The molecule has 0 amide bonds. The van der Waals surface area contributed by atoms with Crippen LogP contribution in [-0.4, -0.2) is 48.8 Å². The Morgan fingerprint density at radius 1 is 1.03 bits per heavy atom. The van der Waals surface area contributed by atoms with Crippen LogP contribution in [0.4, 0.5) is 4.79 Å². The largest absolute Gasteiger partial charge is 0.508 e. The number of rotatable bonds is 8. The molecule has 0 aliphatic carbocycles. The molecular weight excluding hydrogens is 392 g/mol. The number of cyclic esters (lactones) is 1. The van der Waals surface area contributed by atoms with Gasteiger partial charge in [-0.1, -0.05) is 42.5 Å². The molecule has 1 N–H and O–H groups in total. The highest BCUT2D eigenvalue weighted by molar-refractivity contribution is 5.82. The highest BCUT2D eigenvalue weighted by Crippen LogP contribution is 2.30. The lowest BCUT2D eigenvalue weighted by Gasteiger charge is -2.24. The van der Waals surface area contributed by atoms with Crippen LogP contribution in [0.5, 0.6) is 5.75 Å². The zero-order chi connectivity index (χ0) is 21.6. The van der Waals surface area contributed by atoms with E-state index in [-0.39, 0.29) is 19.8 Å². The van der Waals surface area contributed by atoms with Gasteiger partial charge < -0.3 is 28.8 Å². The normalized spacial score (nSPS) is 23.0. The summed E-state index contributed by atoms with van der Waals surface area (Å²) in [6, 6.07) is 16.3. The second-order valence-electron chi connectivity index (χ2n) is 7.01. The van der Waals surface area contributed by atoms with Crippen LogP contribution in [-0.2, 0) is 37.0 Å². The van der Waals surface area contributed by atoms with Gasteiger partial charge in [-0.05, 0) is 30.2 Å². The molecular formula is C22H24O8. The molecule has 160 valence electrons. The lowest BCUT2D eigenvalue weighted by Crippen LogP contribution is -2.46. The number of hydrogen-bond acceptors (Lipinski definition) is 8. The molecule has 30 heavy (non-hydrogen) atoms. The summed E-state index contributed by atoms with van der Waals surface area (Å²) in [6.07, 6.45) is -2.89. The molecule has 1 aliphatic rings. The molecule has 2 aromatic carbocycles. The first kappa shape index (κ1) is 21.6. The molecule has 0 radical (unpaired) electrons. The van der Waals surface area contributed by atoms with Crippen molar-refractivity contribution < 1.29 is 38.4 Å². The Kier molecular flexibility index (Phi) is 6.91. The Balaban J connectivity index is 1.54. The SMILES string of the molecule is COc1ccc(CO[C@@H]2[C@@H](COC(=O)OCc3ccccc3)OC(=O)[C@@]2(C)O)cc1. The van der Waals surface area contributed by atoms with Crippen molar-refractivity contribution >= 4 is 12.1 Å².